The minimum Gasteiger partial charge on any atom is -0.379 e. The number of morpholine rings is 1. The van der Waals surface area contributed by atoms with Crippen molar-refractivity contribution in [2.45, 2.75) is 18.4 Å². The molecule has 1 aromatic heterocycles. The normalized spacial score (nSPS) is 23.8. The average molecular weight is 449 g/mol. The van der Waals surface area contributed by atoms with Crippen molar-refractivity contribution in [1.82, 2.24) is 9.80 Å². The molecule has 0 spiro atoms. The van der Waals surface area contributed by atoms with Crippen LogP contribution in [0.2, 0.25) is 0 Å². The van der Waals surface area contributed by atoms with Crippen molar-refractivity contribution in [3.8, 4) is 0 Å². The third-order valence-electron chi connectivity index (χ3n) is 5.59. The van der Waals surface area contributed by atoms with Crippen molar-refractivity contribution >= 4 is 33.2 Å². The number of carbonyl (C=O) groups is 1. The van der Waals surface area contributed by atoms with Crippen molar-refractivity contribution in [3.05, 3.63) is 56.7 Å². The number of nitrogens with zero attached hydrogens (tertiary/aromatic N) is 2. The van der Waals surface area contributed by atoms with Crippen molar-refractivity contribution in [2.24, 2.45) is 5.92 Å². The third-order valence-corrected chi connectivity index (χ3v) is 7.09. The van der Waals surface area contributed by atoms with E-state index in [9.17, 15) is 4.79 Å². The second kappa shape index (κ2) is 8.43. The molecule has 1 aliphatic heterocycles. The number of halogens is 1. The van der Waals surface area contributed by atoms with Gasteiger partial charge in [0.2, 0.25) is 5.91 Å². The Morgan fingerprint density at radius 3 is 2.70 bits per heavy atom. The molecule has 144 valence electrons. The molecule has 0 N–H and O–H groups in total. The van der Waals surface area contributed by atoms with E-state index in [1.807, 2.05) is 11.9 Å². The van der Waals surface area contributed by atoms with Gasteiger partial charge in [-0.25, -0.2) is 0 Å². The Balaban J connectivity index is 1.41. The summed E-state index contributed by atoms with van der Waals surface area (Å²) in [5.41, 5.74) is 1.27. The molecule has 1 saturated heterocycles. The lowest BCUT2D eigenvalue weighted by Gasteiger charge is -2.36. The zero-order valence-corrected chi connectivity index (χ0v) is 17.9. The molecule has 6 heteroatoms. The molecule has 2 heterocycles. The number of hydrogen-bond acceptors (Lipinski definition) is 4. The van der Waals surface area contributed by atoms with Gasteiger partial charge < -0.3 is 9.64 Å². The molecule has 0 unspecified atom stereocenters. The lowest BCUT2D eigenvalue weighted by molar-refractivity contribution is -0.132. The van der Waals surface area contributed by atoms with E-state index < -0.39 is 0 Å². The Morgan fingerprint density at radius 2 is 2.04 bits per heavy atom. The van der Waals surface area contributed by atoms with E-state index in [2.05, 4.69) is 62.6 Å². The fraction of sp³-hybridized carbons (Fsp3) is 0.476. The molecule has 1 amide bonds. The van der Waals surface area contributed by atoms with Crippen molar-refractivity contribution in [3.63, 3.8) is 0 Å². The van der Waals surface area contributed by atoms with Crippen molar-refractivity contribution in [2.75, 3.05) is 39.9 Å². The molecule has 27 heavy (non-hydrogen) atoms. The highest BCUT2D eigenvalue weighted by Gasteiger charge is 2.45. The summed E-state index contributed by atoms with van der Waals surface area (Å²) >= 11 is 5.25. The van der Waals surface area contributed by atoms with Gasteiger partial charge in [-0.2, -0.15) is 0 Å². The number of amides is 1. The zero-order chi connectivity index (χ0) is 18.8. The van der Waals surface area contributed by atoms with Gasteiger partial charge >= 0.3 is 0 Å². The van der Waals surface area contributed by atoms with Crippen LogP contribution in [0, 0.1) is 5.92 Å². The van der Waals surface area contributed by atoms with E-state index in [0.717, 1.165) is 43.7 Å². The summed E-state index contributed by atoms with van der Waals surface area (Å²) in [6.07, 6.45) is 0.964. The van der Waals surface area contributed by atoms with Gasteiger partial charge in [0.25, 0.3) is 0 Å². The van der Waals surface area contributed by atoms with E-state index >= 15 is 0 Å². The first-order chi connectivity index (χ1) is 13.1. The molecule has 2 fully saturated rings. The van der Waals surface area contributed by atoms with Crippen LogP contribution in [-0.2, 0) is 9.53 Å². The predicted molar refractivity (Wildman–Crippen MR) is 112 cm³/mol. The largest absolute Gasteiger partial charge is 0.379 e. The van der Waals surface area contributed by atoms with E-state index in [4.69, 9.17) is 4.74 Å². The Labute approximate surface area is 173 Å². The second-order valence-corrected chi connectivity index (χ2v) is 9.29. The van der Waals surface area contributed by atoms with Gasteiger partial charge in [0.05, 0.1) is 19.3 Å². The highest BCUT2D eigenvalue weighted by molar-refractivity contribution is 9.10. The number of rotatable bonds is 6. The summed E-state index contributed by atoms with van der Waals surface area (Å²) in [7, 11) is 1.96. The first-order valence-corrected chi connectivity index (χ1v) is 11.2. The molecule has 2 aliphatic rings. The minimum absolute atomic E-state index is 0.129. The monoisotopic (exact) mass is 448 g/mol. The molecule has 3 atom stereocenters. The Hall–Kier alpha value is -1.21. The van der Waals surface area contributed by atoms with Crippen LogP contribution in [0.1, 0.15) is 28.8 Å². The molecule has 1 aliphatic carbocycles. The van der Waals surface area contributed by atoms with Crippen LogP contribution in [-0.4, -0.2) is 55.6 Å². The van der Waals surface area contributed by atoms with Crippen LogP contribution in [0.25, 0.3) is 0 Å². The highest BCUT2D eigenvalue weighted by atomic mass is 79.9. The minimum atomic E-state index is 0.129. The van der Waals surface area contributed by atoms with Gasteiger partial charge in [0, 0.05) is 41.9 Å². The number of carbonyl (C=O) groups excluding carboxylic acids is 1. The van der Waals surface area contributed by atoms with Crippen LogP contribution in [0.3, 0.4) is 0 Å². The number of benzene rings is 1. The molecule has 0 radical (unpaired) electrons. The third kappa shape index (κ3) is 4.45. The number of thiophene rings is 1. The number of hydrogen-bond donors (Lipinski definition) is 0. The molecule has 2 aromatic rings. The molecule has 4 rings (SSSR count). The van der Waals surface area contributed by atoms with Crippen LogP contribution in [0.5, 0.6) is 0 Å². The van der Waals surface area contributed by atoms with Crippen molar-refractivity contribution in [1.29, 1.82) is 0 Å². The van der Waals surface area contributed by atoms with Gasteiger partial charge in [0.1, 0.15) is 0 Å². The lowest BCUT2D eigenvalue weighted by Crippen LogP contribution is -2.44. The van der Waals surface area contributed by atoms with E-state index in [-0.39, 0.29) is 17.9 Å². The van der Waals surface area contributed by atoms with Gasteiger partial charge in [0.15, 0.2) is 0 Å². The van der Waals surface area contributed by atoms with E-state index in [0.29, 0.717) is 5.92 Å². The zero-order valence-electron chi connectivity index (χ0n) is 15.5. The van der Waals surface area contributed by atoms with Gasteiger partial charge in [-0.15, -0.1) is 11.3 Å². The first kappa shape index (κ1) is 19.1. The smallest absolute Gasteiger partial charge is 0.226 e. The van der Waals surface area contributed by atoms with Crippen LogP contribution < -0.4 is 0 Å². The summed E-state index contributed by atoms with van der Waals surface area (Å²) < 4.78 is 6.60. The summed E-state index contributed by atoms with van der Waals surface area (Å²) in [4.78, 5) is 18.8. The van der Waals surface area contributed by atoms with Crippen LogP contribution in [0.4, 0.5) is 0 Å². The van der Waals surface area contributed by atoms with Crippen LogP contribution in [0.15, 0.2) is 46.3 Å². The fourth-order valence-electron chi connectivity index (χ4n) is 3.93. The number of ether oxygens (including phenoxy) is 1. The molecule has 1 saturated carbocycles. The maximum absolute atomic E-state index is 13.0. The maximum atomic E-state index is 13.0. The van der Waals surface area contributed by atoms with Gasteiger partial charge in [-0.05, 0) is 41.5 Å². The molecular formula is C21H25BrN2O2S. The molecular weight excluding hydrogens is 424 g/mol. The van der Waals surface area contributed by atoms with E-state index in [1.54, 1.807) is 11.3 Å². The quantitative estimate of drug-likeness (QED) is 0.665. The SMILES string of the molecule is CN(C[C@H](c1cccs1)N1CCOCC1)C(=O)[C@H]1C[C@@H]1c1ccc(Br)cc1. The Bertz CT molecular complexity index is 759. The van der Waals surface area contributed by atoms with Crippen LogP contribution >= 0.6 is 27.3 Å². The predicted octanol–water partition coefficient (Wildman–Crippen LogP) is 4.15. The average Bonchev–Trinajstić information content (AvgIpc) is 3.31. The Kier molecular flexibility index (Phi) is 5.97. The summed E-state index contributed by atoms with van der Waals surface area (Å²) in [5.74, 6) is 0.777. The first-order valence-electron chi connectivity index (χ1n) is 9.49. The summed E-state index contributed by atoms with van der Waals surface area (Å²) in [6.45, 7) is 4.13. The van der Waals surface area contributed by atoms with Gasteiger partial charge in [-0.3, -0.25) is 9.69 Å². The molecule has 1 aromatic carbocycles. The Morgan fingerprint density at radius 1 is 1.30 bits per heavy atom. The summed E-state index contributed by atoms with van der Waals surface area (Å²) in [5, 5.41) is 2.12. The maximum Gasteiger partial charge on any atom is 0.226 e. The van der Waals surface area contributed by atoms with Gasteiger partial charge in [-0.1, -0.05) is 34.1 Å². The highest BCUT2D eigenvalue weighted by Crippen LogP contribution is 2.48. The lowest BCUT2D eigenvalue weighted by atomic mass is 10.1. The van der Waals surface area contributed by atoms with Crippen molar-refractivity contribution < 1.29 is 9.53 Å². The molecule has 4 nitrogen and oxygen atoms in total. The second-order valence-electron chi connectivity index (χ2n) is 7.40. The fourth-order valence-corrected chi connectivity index (χ4v) is 5.05. The summed E-state index contributed by atoms with van der Waals surface area (Å²) in [6, 6.07) is 12.9. The topological polar surface area (TPSA) is 32.8 Å². The standard InChI is InChI=1S/C21H25BrN2O2S/c1-23(21(25)18-13-17(18)15-4-6-16(22)7-5-15)14-19(20-3-2-12-27-20)24-8-10-26-11-9-24/h2-7,12,17-19H,8-11,13-14H2,1H3/t17-,18+,19-/m1/s1. The van der Waals surface area contributed by atoms with E-state index in [1.165, 1.54) is 10.4 Å². The number of likely N-dealkylation sites (N-methyl/N-ethyl adjacent to an activating group) is 1. The molecule has 0 bridgehead atoms.